The van der Waals surface area contributed by atoms with E-state index >= 15 is 0 Å². The second-order valence-electron chi connectivity index (χ2n) is 7.23. The van der Waals surface area contributed by atoms with E-state index in [1.807, 2.05) is 60.0 Å². The van der Waals surface area contributed by atoms with Gasteiger partial charge in [-0.05, 0) is 42.3 Å². The number of imidazole rings is 1. The quantitative estimate of drug-likeness (QED) is 0.675. The fourth-order valence-corrected chi connectivity index (χ4v) is 3.58. The smallest absolute Gasteiger partial charge is 0.272 e. The summed E-state index contributed by atoms with van der Waals surface area (Å²) in [6, 6.07) is 15.3. The second kappa shape index (κ2) is 8.59. The van der Waals surface area contributed by atoms with Crippen LogP contribution in [0.3, 0.4) is 0 Å². The van der Waals surface area contributed by atoms with Crippen LogP contribution in [0.1, 0.15) is 46.4 Å². The Morgan fingerprint density at radius 2 is 1.73 bits per heavy atom. The molecule has 0 spiro atoms. The second-order valence-corrected chi connectivity index (χ2v) is 7.23. The number of benzene rings is 2. The van der Waals surface area contributed by atoms with Crippen LogP contribution in [0.2, 0.25) is 0 Å². The molecule has 2 atom stereocenters. The van der Waals surface area contributed by atoms with Crippen molar-refractivity contribution in [2.45, 2.75) is 32.2 Å². The molecule has 3 aromatic rings. The minimum atomic E-state index is -0.210. The van der Waals surface area contributed by atoms with Crippen molar-refractivity contribution < 1.29 is 19.0 Å². The fraction of sp³-hybridized carbons (Fsp3) is 0.304. The first-order valence-electron chi connectivity index (χ1n) is 9.83. The Balaban J connectivity index is 1.44. The van der Waals surface area contributed by atoms with E-state index in [1.165, 1.54) is 0 Å². The predicted molar refractivity (Wildman–Crippen MR) is 112 cm³/mol. The first kappa shape index (κ1) is 20.0. The standard InChI is InChI=1S/C23H25N3O4/c1-15(16-4-8-18(28-2)9-5-16)25-23(27)22-20-13-30-21(12-26(20)14-24-22)17-6-10-19(29-3)11-7-17/h4-11,14-15,21H,12-13H2,1-3H3,(H,25,27)/t15-,21-/m0/s1. The summed E-state index contributed by atoms with van der Waals surface area (Å²) in [4.78, 5) is 17.2. The lowest BCUT2D eigenvalue weighted by atomic mass is 10.1. The number of rotatable bonds is 6. The van der Waals surface area contributed by atoms with E-state index in [-0.39, 0.29) is 18.1 Å². The van der Waals surface area contributed by atoms with Crippen molar-refractivity contribution in [2.24, 2.45) is 0 Å². The number of hydrogen-bond acceptors (Lipinski definition) is 5. The lowest BCUT2D eigenvalue weighted by molar-refractivity contribution is 0.00254. The van der Waals surface area contributed by atoms with E-state index in [9.17, 15) is 4.79 Å². The molecule has 1 aromatic heterocycles. The molecule has 4 rings (SSSR count). The molecule has 2 heterocycles. The van der Waals surface area contributed by atoms with E-state index in [2.05, 4.69) is 10.3 Å². The van der Waals surface area contributed by atoms with Crippen molar-refractivity contribution in [3.8, 4) is 11.5 Å². The third-order valence-electron chi connectivity index (χ3n) is 5.40. The van der Waals surface area contributed by atoms with Gasteiger partial charge in [-0.25, -0.2) is 4.98 Å². The van der Waals surface area contributed by atoms with Gasteiger partial charge in [-0.1, -0.05) is 24.3 Å². The first-order valence-corrected chi connectivity index (χ1v) is 9.83. The molecule has 0 unspecified atom stereocenters. The van der Waals surface area contributed by atoms with Crippen LogP contribution in [0.25, 0.3) is 0 Å². The minimum absolute atomic E-state index is 0.0910. The molecular weight excluding hydrogens is 382 g/mol. The van der Waals surface area contributed by atoms with Crippen molar-refractivity contribution in [3.05, 3.63) is 77.4 Å². The molecule has 7 nitrogen and oxygen atoms in total. The zero-order valence-electron chi connectivity index (χ0n) is 17.3. The maximum atomic E-state index is 12.8. The summed E-state index contributed by atoms with van der Waals surface area (Å²) in [5.41, 5.74) is 3.25. The van der Waals surface area contributed by atoms with Crippen LogP contribution < -0.4 is 14.8 Å². The molecule has 7 heteroatoms. The van der Waals surface area contributed by atoms with Crippen LogP contribution in [0.4, 0.5) is 0 Å². The van der Waals surface area contributed by atoms with Gasteiger partial charge in [0.05, 0.1) is 45.4 Å². The van der Waals surface area contributed by atoms with E-state index in [0.29, 0.717) is 18.8 Å². The van der Waals surface area contributed by atoms with E-state index in [1.54, 1.807) is 20.5 Å². The number of hydrogen-bond donors (Lipinski definition) is 1. The predicted octanol–water partition coefficient (Wildman–Crippen LogP) is 3.66. The summed E-state index contributed by atoms with van der Waals surface area (Å²) < 4.78 is 18.4. The highest BCUT2D eigenvalue weighted by Gasteiger charge is 2.27. The molecule has 1 N–H and O–H groups in total. The zero-order valence-corrected chi connectivity index (χ0v) is 17.3. The molecule has 30 heavy (non-hydrogen) atoms. The van der Waals surface area contributed by atoms with Gasteiger partial charge in [-0.15, -0.1) is 0 Å². The Morgan fingerprint density at radius 1 is 1.10 bits per heavy atom. The lowest BCUT2D eigenvalue weighted by Crippen LogP contribution is -2.29. The number of amides is 1. The van der Waals surface area contributed by atoms with Gasteiger partial charge in [0.2, 0.25) is 0 Å². The normalized spacial score (nSPS) is 16.4. The van der Waals surface area contributed by atoms with Gasteiger partial charge in [-0.2, -0.15) is 0 Å². The third-order valence-corrected chi connectivity index (χ3v) is 5.40. The lowest BCUT2D eigenvalue weighted by Gasteiger charge is -2.26. The number of nitrogens with zero attached hydrogens (tertiary/aromatic N) is 2. The van der Waals surface area contributed by atoms with Gasteiger partial charge >= 0.3 is 0 Å². The molecule has 0 fully saturated rings. The highest BCUT2D eigenvalue weighted by molar-refractivity contribution is 5.93. The van der Waals surface area contributed by atoms with Gasteiger partial charge in [0.15, 0.2) is 5.69 Å². The SMILES string of the molecule is COc1ccc([C@H](C)NC(=O)c2ncn3c2CO[C@H](c2ccc(OC)cc2)C3)cc1. The van der Waals surface area contributed by atoms with Gasteiger partial charge < -0.3 is 24.1 Å². The maximum absolute atomic E-state index is 12.8. The average molecular weight is 407 g/mol. The van der Waals surface area contributed by atoms with Gasteiger partial charge in [0.1, 0.15) is 17.6 Å². The Labute approximate surface area is 175 Å². The molecule has 2 aromatic carbocycles. The van der Waals surface area contributed by atoms with Crippen molar-refractivity contribution in [2.75, 3.05) is 14.2 Å². The Hall–Kier alpha value is -3.32. The molecule has 1 amide bonds. The molecule has 1 aliphatic heterocycles. The van der Waals surface area contributed by atoms with Crippen LogP contribution in [0, 0.1) is 0 Å². The summed E-state index contributed by atoms with van der Waals surface area (Å²) in [7, 11) is 3.27. The monoisotopic (exact) mass is 407 g/mol. The summed E-state index contributed by atoms with van der Waals surface area (Å²) in [5, 5.41) is 3.02. The summed E-state index contributed by atoms with van der Waals surface area (Å²) in [5.74, 6) is 1.38. The minimum Gasteiger partial charge on any atom is -0.497 e. The van der Waals surface area contributed by atoms with Crippen LogP contribution >= 0.6 is 0 Å². The Bertz CT molecular complexity index is 1010. The van der Waals surface area contributed by atoms with Crippen LogP contribution in [0.15, 0.2) is 54.9 Å². The van der Waals surface area contributed by atoms with Crippen LogP contribution in [0.5, 0.6) is 11.5 Å². The third kappa shape index (κ3) is 4.02. The number of fused-ring (bicyclic) bond motifs is 1. The van der Waals surface area contributed by atoms with Crippen molar-refractivity contribution in [3.63, 3.8) is 0 Å². The Morgan fingerprint density at radius 3 is 2.37 bits per heavy atom. The maximum Gasteiger partial charge on any atom is 0.272 e. The number of methoxy groups -OCH3 is 2. The van der Waals surface area contributed by atoms with Crippen LogP contribution in [-0.4, -0.2) is 29.7 Å². The van der Waals surface area contributed by atoms with Crippen molar-refractivity contribution in [1.29, 1.82) is 0 Å². The average Bonchev–Trinajstić information content (AvgIpc) is 3.22. The first-order chi connectivity index (χ1) is 14.6. The fourth-order valence-electron chi connectivity index (χ4n) is 3.58. The molecule has 0 saturated heterocycles. The molecule has 156 valence electrons. The number of carbonyl (C=O) groups is 1. The van der Waals surface area contributed by atoms with Crippen molar-refractivity contribution in [1.82, 2.24) is 14.9 Å². The molecule has 0 aliphatic carbocycles. The number of ether oxygens (including phenoxy) is 3. The zero-order chi connectivity index (χ0) is 21.1. The molecule has 0 saturated carbocycles. The van der Waals surface area contributed by atoms with Crippen molar-refractivity contribution >= 4 is 5.91 Å². The highest BCUT2D eigenvalue weighted by atomic mass is 16.5. The summed E-state index contributed by atoms with van der Waals surface area (Å²) >= 11 is 0. The molecule has 0 bridgehead atoms. The largest absolute Gasteiger partial charge is 0.497 e. The molecule has 0 radical (unpaired) electrons. The molecular formula is C23H25N3O4. The highest BCUT2D eigenvalue weighted by Crippen LogP contribution is 2.29. The summed E-state index contributed by atoms with van der Waals surface area (Å²) in [6.07, 6.45) is 1.62. The van der Waals surface area contributed by atoms with E-state index < -0.39 is 0 Å². The molecule has 1 aliphatic rings. The number of aromatic nitrogens is 2. The summed E-state index contributed by atoms with van der Waals surface area (Å²) in [6.45, 7) is 2.88. The van der Waals surface area contributed by atoms with Gasteiger partial charge in [0.25, 0.3) is 5.91 Å². The topological polar surface area (TPSA) is 74.6 Å². The van der Waals surface area contributed by atoms with E-state index in [0.717, 1.165) is 28.3 Å². The van der Waals surface area contributed by atoms with E-state index in [4.69, 9.17) is 14.2 Å². The van der Waals surface area contributed by atoms with Gasteiger partial charge in [-0.3, -0.25) is 4.79 Å². The number of carbonyl (C=O) groups excluding carboxylic acids is 1. The van der Waals surface area contributed by atoms with Crippen LogP contribution in [-0.2, 0) is 17.9 Å². The Kier molecular flexibility index (Phi) is 5.72. The van der Waals surface area contributed by atoms with Gasteiger partial charge in [0, 0.05) is 0 Å². The number of nitrogens with one attached hydrogen (secondary N) is 1.